The molecule has 2 aliphatic heterocycles. The molecule has 4 atom stereocenters. The zero-order chi connectivity index (χ0) is 35.9. The van der Waals surface area contributed by atoms with E-state index >= 15 is 0 Å². The van der Waals surface area contributed by atoms with E-state index in [0.717, 1.165) is 11.1 Å². The minimum atomic E-state index is -1.09. The molecule has 14 heteroatoms. The van der Waals surface area contributed by atoms with Crippen molar-refractivity contribution in [3.8, 4) is 11.4 Å². The van der Waals surface area contributed by atoms with Crippen LogP contribution in [0.2, 0.25) is 0 Å². The Balaban J connectivity index is 1.47. The number of likely N-dealkylation sites (N-methyl/N-ethyl adjacent to an activating group) is 1. The van der Waals surface area contributed by atoms with Gasteiger partial charge in [-0.3, -0.25) is 24.1 Å². The van der Waals surface area contributed by atoms with Gasteiger partial charge in [-0.2, -0.15) is 0 Å². The van der Waals surface area contributed by atoms with Gasteiger partial charge in [0, 0.05) is 32.8 Å². The summed E-state index contributed by atoms with van der Waals surface area (Å²) in [5.41, 5.74) is 2.51. The largest absolute Gasteiger partial charge is 0.506 e. The SMILES string of the molecule is CC(C)C1NC(=O)[C@H](C)NC(=O)[C@@H]2CCCN2C(=O)[C@@H](N(C)C(=O)OCc2ccccc2)Cc2cn(cn2)-c2cc(ccc2O)CCNC1=O. The first-order valence-corrected chi connectivity index (χ1v) is 16.9. The van der Waals surface area contributed by atoms with Gasteiger partial charge >= 0.3 is 6.09 Å². The van der Waals surface area contributed by atoms with Crippen LogP contribution in [-0.2, 0) is 43.4 Å². The molecule has 50 heavy (non-hydrogen) atoms. The number of phenolic OH excluding ortho intramolecular Hbond substituents is 1. The first-order chi connectivity index (χ1) is 23.9. The van der Waals surface area contributed by atoms with Crippen LogP contribution in [0.15, 0.2) is 61.1 Å². The average molecular weight is 688 g/mol. The summed E-state index contributed by atoms with van der Waals surface area (Å²) in [5.74, 6) is -2.12. The maximum Gasteiger partial charge on any atom is 0.410 e. The number of ether oxygens (including phenoxy) is 1. The highest BCUT2D eigenvalue weighted by Crippen LogP contribution is 2.25. The lowest BCUT2D eigenvalue weighted by Crippen LogP contribution is -2.58. The molecule has 0 aliphatic carbocycles. The number of amides is 5. The van der Waals surface area contributed by atoms with Crippen LogP contribution in [0.4, 0.5) is 4.79 Å². The average Bonchev–Trinajstić information content (AvgIpc) is 3.79. The lowest BCUT2D eigenvalue weighted by atomic mass is 10.0. The summed E-state index contributed by atoms with van der Waals surface area (Å²) in [7, 11) is 1.47. The summed E-state index contributed by atoms with van der Waals surface area (Å²) in [5, 5.41) is 19.1. The quantitative estimate of drug-likeness (QED) is 0.323. The lowest BCUT2D eigenvalue weighted by Gasteiger charge is -2.33. The Bertz CT molecular complexity index is 1710. The molecule has 14 nitrogen and oxygen atoms in total. The Hall–Kier alpha value is -5.40. The summed E-state index contributed by atoms with van der Waals surface area (Å²) in [4.78, 5) is 74.7. The summed E-state index contributed by atoms with van der Waals surface area (Å²) >= 11 is 0. The summed E-state index contributed by atoms with van der Waals surface area (Å²) in [6.07, 6.45) is 3.80. The van der Waals surface area contributed by atoms with Crippen molar-refractivity contribution in [1.82, 2.24) is 35.3 Å². The van der Waals surface area contributed by atoms with Gasteiger partial charge in [0.25, 0.3) is 0 Å². The molecule has 3 aromatic rings. The Kier molecular flexibility index (Phi) is 11.4. The van der Waals surface area contributed by atoms with Crippen LogP contribution in [0.5, 0.6) is 5.75 Å². The molecule has 266 valence electrons. The molecule has 5 amide bonds. The molecule has 2 aliphatic rings. The van der Waals surface area contributed by atoms with Crippen LogP contribution in [0.3, 0.4) is 0 Å². The number of nitrogens with one attached hydrogen (secondary N) is 3. The van der Waals surface area contributed by atoms with E-state index in [2.05, 4.69) is 20.9 Å². The van der Waals surface area contributed by atoms with Crippen molar-refractivity contribution in [2.75, 3.05) is 20.1 Å². The fourth-order valence-corrected chi connectivity index (χ4v) is 6.19. The van der Waals surface area contributed by atoms with E-state index in [0.29, 0.717) is 30.6 Å². The van der Waals surface area contributed by atoms with E-state index in [1.165, 1.54) is 30.1 Å². The molecule has 3 heterocycles. The summed E-state index contributed by atoms with van der Waals surface area (Å²) in [6.45, 7) is 5.70. The van der Waals surface area contributed by atoms with Crippen molar-refractivity contribution in [2.45, 2.75) is 77.2 Å². The van der Waals surface area contributed by atoms with Crippen molar-refractivity contribution < 1.29 is 33.8 Å². The standard InChI is InChI=1S/C36H45N7O7/c1-22(2)31-34(47)37-15-14-24-12-13-30(44)28(17-24)42-19-26(38-21-42)18-29(41(4)36(49)50-20-25-9-6-5-7-10-25)35(48)43-16-8-11-27(43)33(46)39-23(3)32(45)40-31/h5-7,9-10,12-13,17,19,21-23,27,29,31,44H,8,11,14-16,18,20H2,1-4H3,(H,37,47)(H,39,46)(H,40,45)/t23-,27-,29-,31?/m0/s1. The van der Waals surface area contributed by atoms with Crippen molar-refractivity contribution >= 4 is 29.7 Å². The number of imidazole rings is 1. The molecule has 4 bridgehead atoms. The summed E-state index contributed by atoms with van der Waals surface area (Å²) < 4.78 is 7.19. The molecule has 0 saturated carbocycles. The second-order valence-electron chi connectivity index (χ2n) is 13.2. The van der Waals surface area contributed by atoms with Crippen molar-refractivity contribution in [1.29, 1.82) is 0 Å². The van der Waals surface area contributed by atoms with Gasteiger partial charge in [0.05, 0.1) is 17.7 Å². The number of hydrogen-bond acceptors (Lipinski definition) is 8. The van der Waals surface area contributed by atoms with Gasteiger partial charge in [-0.15, -0.1) is 0 Å². The number of fused-ring (bicyclic) bond motifs is 6. The number of phenols is 1. The number of rotatable bonds is 4. The third-order valence-corrected chi connectivity index (χ3v) is 9.15. The highest BCUT2D eigenvalue weighted by atomic mass is 16.6. The maximum absolute atomic E-state index is 14.3. The number of aromatic hydroxyl groups is 1. The number of aromatic nitrogens is 2. The smallest absolute Gasteiger partial charge is 0.410 e. The number of carbonyl (C=O) groups is 5. The number of hydrogen-bond donors (Lipinski definition) is 4. The van der Waals surface area contributed by atoms with Crippen LogP contribution in [0.1, 0.15) is 50.4 Å². The summed E-state index contributed by atoms with van der Waals surface area (Å²) in [6, 6.07) is 10.4. The van der Waals surface area contributed by atoms with Crippen LogP contribution < -0.4 is 16.0 Å². The molecule has 1 fully saturated rings. The van der Waals surface area contributed by atoms with Crippen molar-refractivity contribution in [2.24, 2.45) is 5.92 Å². The first kappa shape index (κ1) is 35.9. The molecule has 4 N–H and O–H groups in total. The predicted molar refractivity (Wildman–Crippen MR) is 183 cm³/mol. The zero-order valence-electron chi connectivity index (χ0n) is 28.8. The minimum absolute atomic E-state index is 0.00263. The van der Waals surface area contributed by atoms with Crippen LogP contribution in [0, 0.1) is 5.92 Å². The maximum atomic E-state index is 14.3. The molecule has 1 aromatic heterocycles. The Morgan fingerprint density at radius 2 is 1.82 bits per heavy atom. The molecule has 0 spiro atoms. The molecular weight excluding hydrogens is 642 g/mol. The van der Waals surface area contributed by atoms with E-state index in [1.54, 1.807) is 29.0 Å². The number of carbonyl (C=O) groups excluding carboxylic acids is 5. The Morgan fingerprint density at radius 3 is 2.56 bits per heavy atom. The Morgan fingerprint density at radius 1 is 1.06 bits per heavy atom. The highest BCUT2D eigenvalue weighted by Gasteiger charge is 2.41. The monoisotopic (exact) mass is 687 g/mol. The van der Waals surface area contributed by atoms with Gasteiger partial charge in [-0.1, -0.05) is 50.2 Å². The van der Waals surface area contributed by atoms with Gasteiger partial charge in [0.15, 0.2) is 0 Å². The molecule has 1 unspecified atom stereocenters. The molecule has 1 saturated heterocycles. The molecule has 5 rings (SSSR count). The van der Waals surface area contributed by atoms with Crippen LogP contribution >= 0.6 is 0 Å². The van der Waals surface area contributed by atoms with Crippen molar-refractivity contribution in [3.63, 3.8) is 0 Å². The number of nitrogens with zero attached hydrogens (tertiary/aromatic N) is 4. The minimum Gasteiger partial charge on any atom is -0.506 e. The lowest BCUT2D eigenvalue weighted by molar-refractivity contribution is -0.142. The zero-order valence-corrected chi connectivity index (χ0v) is 28.8. The fourth-order valence-electron chi connectivity index (χ4n) is 6.19. The van der Waals surface area contributed by atoms with Crippen LogP contribution in [-0.4, -0.2) is 98.5 Å². The first-order valence-electron chi connectivity index (χ1n) is 16.9. The predicted octanol–water partition coefficient (Wildman–Crippen LogP) is 2.07. The van der Waals surface area contributed by atoms with Gasteiger partial charge in [0.1, 0.15) is 36.5 Å². The highest BCUT2D eigenvalue weighted by molar-refractivity contribution is 5.95. The Labute approximate surface area is 291 Å². The molecular formula is C36H45N7O7. The van der Waals surface area contributed by atoms with Gasteiger partial charge in [0.2, 0.25) is 23.6 Å². The third kappa shape index (κ3) is 8.41. The fraction of sp³-hybridized carbons (Fsp3) is 0.444. The molecule has 2 aromatic carbocycles. The topological polar surface area (TPSA) is 175 Å². The van der Waals surface area contributed by atoms with E-state index < -0.39 is 48.0 Å². The van der Waals surface area contributed by atoms with Gasteiger partial charge < -0.3 is 35.3 Å². The van der Waals surface area contributed by atoms with Crippen LogP contribution in [0.25, 0.3) is 5.69 Å². The van der Waals surface area contributed by atoms with E-state index in [1.807, 2.05) is 44.2 Å². The number of benzene rings is 2. The van der Waals surface area contributed by atoms with Gasteiger partial charge in [-0.25, -0.2) is 9.78 Å². The second-order valence-corrected chi connectivity index (χ2v) is 13.2. The van der Waals surface area contributed by atoms with E-state index in [4.69, 9.17) is 4.74 Å². The third-order valence-electron chi connectivity index (χ3n) is 9.15. The van der Waals surface area contributed by atoms with Gasteiger partial charge in [-0.05, 0) is 55.4 Å². The second kappa shape index (κ2) is 15.9. The van der Waals surface area contributed by atoms with E-state index in [-0.39, 0.29) is 43.7 Å². The normalized spacial score (nSPS) is 22.1. The van der Waals surface area contributed by atoms with E-state index in [9.17, 15) is 29.1 Å². The van der Waals surface area contributed by atoms with Crippen molar-refractivity contribution in [3.05, 3.63) is 77.9 Å². The molecule has 0 radical (unpaired) electrons.